The molecule has 0 spiro atoms. The van der Waals surface area contributed by atoms with E-state index < -0.39 is 0 Å². The molecule has 0 aromatic heterocycles. The fourth-order valence-corrected chi connectivity index (χ4v) is 3.65. The SMILES string of the molecule is C=C(CC)CC(NCCC)C1(N(C)C)CCCCCC1. The summed E-state index contributed by atoms with van der Waals surface area (Å²) in [5.41, 5.74) is 1.72. The maximum absolute atomic E-state index is 4.27. The first-order valence-corrected chi connectivity index (χ1v) is 8.64. The summed E-state index contributed by atoms with van der Waals surface area (Å²) in [7, 11) is 4.56. The largest absolute Gasteiger partial charge is 0.312 e. The van der Waals surface area contributed by atoms with Crippen LogP contribution in [0.25, 0.3) is 0 Å². The molecular formula is C18H36N2. The lowest BCUT2D eigenvalue weighted by Gasteiger charge is -2.46. The van der Waals surface area contributed by atoms with Crippen molar-refractivity contribution in [2.75, 3.05) is 20.6 Å². The summed E-state index contributed by atoms with van der Waals surface area (Å²) in [4.78, 5) is 2.51. The second-order valence-corrected chi connectivity index (χ2v) is 6.73. The molecule has 1 atom stereocenters. The van der Waals surface area contributed by atoms with Crippen molar-refractivity contribution in [2.45, 2.75) is 83.2 Å². The summed E-state index contributed by atoms with van der Waals surface area (Å²) >= 11 is 0. The second kappa shape index (κ2) is 8.84. The van der Waals surface area contributed by atoms with E-state index in [1.807, 2.05) is 0 Å². The molecule has 1 unspecified atom stereocenters. The molecule has 0 aromatic carbocycles. The van der Waals surface area contributed by atoms with Gasteiger partial charge in [-0.2, -0.15) is 0 Å². The minimum absolute atomic E-state index is 0.323. The van der Waals surface area contributed by atoms with Crippen LogP contribution < -0.4 is 5.32 Å². The molecule has 2 heteroatoms. The quantitative estimate of drug-likeness (QED) is 0.525. The molecule has 1 rings (SSSR count). The molecule has 1 saturated carbocycles. The van der Waals surface area contributed by atoms with Crippen molar-refractivity contribution in [1.29, 1.82) is 0 Å². The third kappa shape index (κ3) is 4.60. The monoisotopic (exact) mass is 280 g/mol. The zero-order valence-electron chi connectivity index (χ0n) is 14.3. The van der Waals surface area contributed by atoms with Crippen LogP contribution in [0, 0.1) is 0 Å². The third-order valence-corrected chi connectivity index (χ3v) is 5.14. The van der Waals surface area contributed by atoms with Gasteiger partial charge in [-0.3, -0.25) is 0 Å². The van der Waals surface area contributed by atoms with E-state index in [4.69, 9.17) is 0 Å². The highest BCUT2D eigenvalue weighted by Crippen LogP contribution is 2.36. The Bertz CT molecular complexity index is 275. The first-order valence-electron chi connectivity index (χ1n) is 8.64. The molecule has 0 amide bonds. The Hall–Kier alpha value is -0.340. The smallest absolute Gasteiger partial charge is 0.0359 e. The van der Waals surface area contributed by atoms with Crippen molar-refractivity contribution in [2.24, 2.45) is 0 Å². The zero-order valence-corrected chi connectivity index (χ0v) is 14.3. The Labute approximate surface area is 127 Å². The van der Waals surface area contributed by atoms with E-state index in [0.717, 1.165) is 19.4 Å². The van der Waals surface area contributed by atoms with Gasteiger partial charge in [0.15, 0.2) is 0 Å². The molecule has 0 saturated heterocycles. The minimum Gasteiger partial charge on any atom is -0.312 e. The molecule has 1 N–H and O–H groups in total. The molecule has 0 radical (unpaired) electrons. The number of nitrogens with zero attached hydrogens (tertiary/aromatic N) is 1. The fourth-order valence-electron chi connectivity index (χ4n) is 3.65. The maximum Gasteiger partial charge on any atom is 0.0359 e. The summed E-state index contributed by atoms with van der Waals surface area (Å²) < 4.78 is 0. The topological polar surface area (TPSA) is 15.3 Å². The predicted molar refractivity (Wildman–Crippen MR) is 90.2 cm³/mol. The number of hydrogen-bond acceptors (Lipinski definition) is 2. The molecule has 1 aliphatic rings. The van der Waals surface area contributed by atoms with Crippen molar-refractivity contribution >= 4 is 0 Å². The van der Waals surface area contributed by atoms with Crippen LogP contribution >= 0.6 is 0 Å². The van der Waals surface area contributed by atoms with Crippen LogP contribution in [-0.2, 0) is 0 Å². The summed E-state index contributed by atoms with van der Waals surface area (Å²) in [6, 6.07) is 0.558. The number of hydrogen-bond donors (Lipinski definition) is 1. The van der Waals surface area contributed by atoms with Crippen LogP contribution in [0.15, 0.2) is 12.2 Å². The van der Waals surface area contributed by atoms with Crippen LogP contribution in [0.1, 0.15) is 71.6 Å². The average molecular weight is 280 g/mol. The van der Waals surface area contributed by atoms with E-state index >= 15 is 0 Å². The highest BCUT2D eigenvalue weighted by molar-refractivity contribution is 5.07. The van der Waals surface area contributed by atoms with Gasteiger partial charge in [-0.25, -0.2) is 0 Å². The van der Waals surface area contributed by atoms with E-state index in [0.29, 0.717) is 11.6 Å². The van der Waals surface area contributed by atoms with Gasteiger partial charge >= 0.3 is 0 Å². The highest BCUT2D eigenvalue weighted by Gasteiger charge is 2.40. The van der Waals surface area contributed by atoms with Gasteiger partial charge in [0, 0.05) is 11.6 Å². The Morgan fingerprint density at radius 3 is 2.20 bits per heavy atom. The van der Waals surface area contributed by atoms with Crippen LogP contribution in [0.2, 0.25) is 0 Å². The van der Waals surface area contributed by atoms with E-state index in [1.54, 1.807) is 0 Å². The molecule has 2 nitrogen and oxygen atoms in total. The Morgan fingerprint density at radius 1 is 1.15 bits per heavy atom. The number of likely N-dealkylation sites (N-methyl/N-ethyl adjacent to an activating group) is 1. The Kier molecular flexibility index (Phi) is 7.83. The van der Waals surface area contributed by atoms with E-state index in [9.17, 15) is 0 Å². The van der Waals surface area contributed by atoms with Gasteiger partial charge in [0.1, 0.15) is 0 Å². The average Bonchev–Trinajstić information content (AvgIpc) is 2.69. The summed E-state index contributed by atoms with van der Waals surface area (Å²) in [6.45, 7) is 9.88. The number of nitrogens with one attached hydrogen (secondary N) is 1. The molecule has 0 aliphatic heterocycles. The number of rotatable bonds is 8. The van der Waals surface area contributed by atoms with Gasteiger partial charge < -0.3 is 10.2 Å². The molecule has 0 aromatic rings. The fraction of sp³-hybridized carbons (Fsp3) is 0.889. The van der Waals surface area contributed by atoms with Gasteiger partial charge in [-0.05, 0) is 52.7 Å². The normalized spacial score (nSPS) is 20.6. The van der Waals surface area contributed by atoms with Crippen molar-refractivity contribution in [1.82, 2.24) is 10.2 Å². The molecule has 118 valence electrons. The van der Waals surface area contributed by atoms with Gasteiger partial charge in [0.05, 0.1) is 0 Å². The van der Waals surface area contributed by atoms with E-state index in [-0.39, 0.29) is 0 Å². The van der Waals surface area contributed by atoms with E-state index in [2.05, 4.69) is 44.7 Å². The van der Waals surface area contributed by atoms with Crippen molar-refractivity contribution < 1.29 is 0 Å². The van der Waals surface area contributed by atoms with E-state index in [1.165, 1.54) is 50.5 Å². The second-order valence-electron chi connectivity index (χ2n) is 6.73. The van der Waals surface area contributed by atoms with Gasteiger partial charge in [0.2, 0.25) is 0 Å². The first kappa shape index (κ1) is 17.7. The third-order valence-electron chi connectivity index (χ3n) is 5.14. The van der Waals surface area contributed by atoms with Gasteiger partial charge in [-0.15, -0.1) is 0 Å². The first-order chi connectivity index (χ1) is 9.56. The molecule has 0 bridgehead atoms. The Balaban J connectivity index is 2.91. The Morgan fingerprint density at radius 2 is 1.75 bits per heavy atom. The zero-order chi connectivity index (χ0) is 15.0. The van der Waals surface area contributed by atoms with Crippen molar-refractivity contribution in [3.63, 3.8) is 0 Å². The van der Waals surface area contributed by atoms with Gasteiger partial charge in [-0.1, -0.05) is 51.7 Å². The predicted octanol–water partition coefficient (Wildman–Crippen LogP) is 4.37. The molecule has 1 aliphatic carbocycles. The van der Waals surface area contributed by atoms with Crippen LogP contribution in [-0.4, -0.2) is 37.1 Å². The van der Waals surface area contributed by atoms with Gasteiger partial charge in [0.25, 0.3) is 0 Å². The molecule has 1 fully saturated rings. The summed E-state index contributed by atoms with van der Waals surface area (Å²) in [5, 5.41) is 3.85. The maximum atomic E-state index is 4.27. The molecular weight excluding hydrogens is 244 g/mol. The molecule has 20 heavy (non-hydrogen) atoms. The minimum atomic E-state index is 0.323. The lowest BCUT2D eigenvalue weighted by Crippen LogP contribution is -2.59. The lowest BCUT2D eigenvalue weighted by molar-refractivity contribution is 0.0799. The highest BCUT2D eigenvalue weighted by atomic mass is 15.2. The van der Waals surface area contributed by atoms with Crippen molar-refractivity contribution in [3.8, 4) is 0 Å². The van der Waals surface area contributed by atoms with Crippen LogP contribution in [0.3, 0.4) is 0 Å². The summed E-state index contributed by atoms with van der Waals surface area (Å²) in [5.74, 6) is 0. The lowest BCUT2D eigenvalue weighted by atomic mass is 9.78. The summed E-state index contributed by atoms with van der Waals surface area (Å²) in [6.07, 6.45) is 11.7. The van der Waals surface area contributed by atoms with Crippen molar-refractivity contribution in [3.05, 3.63) is 12.2 Å². The molecule has 0 heterocycles. The van der Waals surface area contributed by atoms with Crippen LogP contribution in [0.5, 0.6) is 0 Å². The van der Waals surface area contributed by atoms with Crippen LogP contribution in [0.4, 0.5) is 0 Å². The standard InChI is InChI=1S/C18H36N2/c1-6-14-19-17(15-16(3)7-2)18(20(4)5)12-10-8-9-11-13-18/h17,19H,3,6-15H2,1-2,4-5H3.